The van der Waals surface area contributed by atoms with Crippen LogP contribution in [0.3, 0.4) is 0 Å². The molecule has 0 radical (unpaired) electrons. The van der Waals surface area contributed by atoms with Crippen molar-refractivity contribution in [3.63, 3.8) is 0 Å². The van der Waals surface area contributed by atoms with Crippen LogP contribution in [-0.4, -0.2) is 67.2 Å². The zero-order valence-corrected chi connectivity index (χ0v) is 50.7. The molecule has 420 valence electrons. The van der Waals surface area contributed by atoms with Crippen molar-refractivity contribution in [3.05, 3.63) is 60.7 Å². The van der Waals surface area contributed by atoms with Gasteiger partial charge >= 0.3 is 11.9 Å². The number of hydrogen-bond donors (Lipinski definition) is 1. The predicted molar refractivity (Wildman–Crippen MR) is 323 cm³/mol. The number of rotatable bonds is 40. The molecule has 9 heteroatoms. The summed E-state index contributed by atoms with van der Waals surface area (Å²) in [5, 5.41) is 7.17. The first-order valence-corrected chi connectivity index (χ1v) is 35.3. The monoisotopic (exact) mass is 1080 g/mol. The second kappa shape index (κ2) is 37.2. The van der Waals surface area contributed by atoms with Crippen LogP contribution in [0.25, 0.3) is 0 Å². The third-order valence-corrected chi connectivity index (χ3v) is 24.5. The average Bonchev–Trinajstić information content (AvgIpc) is 3.40. The molecule has 5 rings (SSSR count). The smallest absolute Gasteiger partial charge is 0.306 e. The largest absolute Gasteiger partial charge is 0.461 e. The number of carbonyl (C=O) groups is 2. The van der Waals surface area contributed by atoms with Gasteiger partial charge in [0, 0.05) is 36.5 Å². The average molecular weight is 1080 g/mol. The second-order valence-corrected chi connectivity index (χ2v) is 30.9. The summed E-state index contributed by atoms with van der Waals surface area (Å²) in [5.74, 6) is 4.51. The Labute approximate surface area is 464 Å². The van der Waals surface area contributed by atoms with E-state index in [2.05, 4.69) is 101 Å². The molecule has 0 heterocycles. The summed E-state index contributed by atoms with van der Waals surface area (Å²) in [6.45, 7) is 11.7. The van der Waals surface area contributed by atoms with Crippen molar-refractivity contribution in [1.82, 2.24) is 5.32 Å². The molecule has 0 spiro atoms. The Balaban J connectivity index is 1.07. The van der Waals surface area contributed by atoms with Gasteiger partial charge in [-0.3, -0.25) is 9.59 Å². The fraction of sp³-hybridized carbons (Fsp3) is 0.785. The summed E-state index contributed by atoms with van der Waals surface area (Å²) in [6.07, 6.45) is 41.9. The van der Waals surface area contributed by atoms with E-state index in [4.69, 9.17) is 13.9 Å². The van der Waals surface area contributed by atoms with E-state index < -0.39 is 8.32 Å². The Morgan fingerprint density at radius 3 is 1.51 bits per heavy atom. The standard InChI is InChI=1S/C65H109NO5S2Si/c1-6-8-10-26-38-57(69-63(67)47-45-54-34-22-18-23-35-54)52-72-49-33-17-15-13-12-14-16-32-44-62(73-53-58(39-27-11-9-7-2)70-64(68)48-46-55-36-24-19-25-37-55)66-56-50-59(51-56)71-74(65(3,4)5,60-40-28-20-29-41-60)61-42-30-21-31-43-61/h20-21,28-31,40-43,54-59,62,66H,6-19,22-27,32-39,44-53H2,1-5H3. The fourth-order valence-electron chi connectivity index (χ4n) is 12.3. The van der Waals surface area contributed by atoms with Crippen LogP contribution in [0.15, 0.2) is 60.7 Å². The van der Waals surface area contributed by atoms with Crippen LogP contribution in [0.4, 0.5) is 0 Å². The number of benzene rings is 2. The number of carbonyl (C=O) groups excluding carboxylic acids is 2. The molecule has 1 N–H and O–H groups in total. The summed E-state index contributed by atoms with van der Waals surface area (Å²) >= 11 is 4.03. The van der Waals surface area contributed by atoms with Crippen molar-refractivity contribution in [2.24, 2.45) is 11.8 Å². The lowest BCUT2D eigenvalue weighted by Gasteiger charge is -2.49. The molecule has 3 unspecified atom stereocenters. The highest BCUT2D eigenvalue weighted by molar-refractivity contribution is 7.99. The van der Waals surface area contributed by atoms with E-state index in [-0.39, 0.29) is 35.3 Å². The van der Waals surface area contributed by atoms with Gasteiger partial charge in [0.1, 0.15) is 12.2 Å². The number of thioether (sulfide) groups is 2. The van der Waals surface area contributed by atoms with Crippen LogP contribution in [0.2, 0.25) is 5.04 Å². The Morgan fingerprint density at radius 1 is 0.581 bits per heavy atom. The molecular formula is C65H109NO5S2Si. The third kappa shape index (κ3) is 24.1. The van der Waals surface area contributed by atoms with Crippen molar-refractivity contribution in [2.45, 2.75) is 294 Å². The van der Waals surface area contributed by atoms with Crippen LogP contribution in [-0.2, 0) is 23.5 Å². The molecule has 3 aliphatic rings. The molecular weight excluding hydrogens is 967 g/mol. The summed E-state index contributed by atoms with van der Waals surface area (Å²) in [5.41, 5.74) is 0. The number of unbranched alkanes of at least 4 members (excludes halogenated alkanes) is 13. The molecule has 3 fully saturated rings. The second-order valence-electron chi connectivity index (χ2n) is 24.3. The first-order chi connectivity index (χ1) is 36.1. The van der Waals surface area contributed by atoms with Crippen LogP contribution in [0, 0.1) is 11.8 Å². The zero-order chi connectivity index (χ0) is 52.5. The number of ether oxygens (including phenoxy) is 2. The first kappa shape index (κ1) is 63.1. The van der Waals surface area contributed by atoms with Gasteiger partial charge in [-0.05, 0) is 97.2 Å². The molecule has 6 nitrogen and oxygen atoms in total. The molecule has 3 saturated carbocycles. The fourth-order valence-corrected chi connectivity index (χ4v) is 19.4. The summed E-state index contributed by atoms with van der Waals surface area (Å²) in [4.78, 5) is 26.2. The van der Waals surface area contributed by atoms with Gasteiger partial charge in [-0.1, -0.05) is 243 Å². The van der Waals surface area contributed by atoms with E-state index in [1.54, 1.807) is 0 Å². The van der Waals surface area contributed by atoms with Gasteiger partial charge in [-0.2, -0.15) is 11.8 Å². The van der Waals surface area contributed by atoms with Gasteiger partial charge in [-0.25, -0.2) is 0 Å². The summed E-state index contributed by atoms with van der Waals surface area (Å²) in [7, 11) is -2.60. The highest BCUT2D eigenvalue weighted by Gasteiger charge is 2.53. The molecule has 3 aliphatic carbocycles. The third-order valence-electron chi connectivity index (χ3n) is 16.9. The lowest BCUT2D eigenvalue weighted by atomic mass is 9.86. The lowest BCUT2D eigenvalue weighted by Crippen LogP contribution is -2.69. The van der Waals surface area contributed by atoms with Gasteiger partial charge < -0.3 is 19.2 Å². The number of hydrogen-bond acceptors (Lipinski definition) is 8. The minimum absolute atomic E-state index is 0.0127. The maximum absolute atomic E-state index is 13.4. The van der Waals surface area contributed by atoms with Crippen LogP contribution in [0.1, 0.15) is 259 Å². The van der Waals surface area contributed by atoms with Crippen LogP contribution >= 0.6 is 23.5 Å². The highest BCUT2D eigenvalue weighted by atomic mass is 32.2. The zero-order valence-electron chi connectivity index (χ0n) is 48.0. The van der Waals surface area contributed by atoms with Gasteiger partial charge in [0.05, 0.1) is 5.37 Å². The van der Waals surface area contributed by atoms with Crippen LogP contribution in [0.5, 0.6) is 0 Å². The van der Waals surface area contributed by atoms with Crippen molar-refractivity contribution < 1.29 is 23.5 Å². The Bertz CT molecular complexity index is 1690. The van der Waals surface area contributed by atoms with E-state index in [1.165, 1.54) is 177 Å². The van der Waals surface area contributed by atoms with Gasteiger partial charge in [0.15, 0.2) is 0 Å². The van der Waals surface area contributed by atoms with E-state index in [1.807, 2.05) is 23.5 Å². The van der Waals surface area contributed by atoms with Crippen LogP contribution < -0.4 is 15.7 Å². The quantitative estimate of drug-likeness (QED) is 0.0306. The molecule has 0 saturated heterocycles. The number of esters is 2. The molecule has 2 aromatic rings. The molecule has 3 atom stereocenters. The lowest BCUT2D eigenvalue weighted by molar-refractivity contribution is -0.149. The first-order valence-electron chi connectivity index (χ1n) is 31.2. The maximum Gasteiger partial charge on any atom is 0.306 e. The van der Waals surface area contributed by atoms with E-state index in [9.17, 15) is 9.59 Å². The molecule has 0 aromatic heterocycles. The predicted octanol–water partition coefficient (Wildman–Crippen LogP) is 17.5. The molecule has 74 heavy (non-hydrogen) atoms. The Kier molecular flexibility index (Phi) is 31.7. The van der Waals surface area contributed by atoms with Crippen molar-refractivity contribution in [3.8, 4) is 0 Å². The molecule has 0 bridgehead atoms. The topological polar surface area (TPSA) is 73.9 Å². The molecule has 0 amide bonds. The minimum Gasteiger partial charge on any atom is -0.461 e. The Morgan fingerprint density at radius 2 is 1.03 bits per heavy atom. The van der Waals surface area contributed by atoms with E-state index in [0.717, 1.165) is 68.8 Å². The molecule has 0 aliphatic heterocycles. The van der Waals surface area contributed by atoms with E-state index in [0.29, 0.717) is 30.2 Å². The van der Waals surface area contributed by atoms with Crippen molar-refractivity contribution in [2.75, 3.05) is 17.3 Å². The van der Waals surface area contributed by atoms with Crippen molar-refractivity contribution in [1.29, 1.82) is 0 Å². The summed E-state index contributed by atoms with van der Waals surface area (Å²) < 4.78 is 20.0. The van der Waals surface area contributed by atoms with Crippen molar-refractivity contribution >= 4 is 54.2 Å². The highest BCUT2D eigenvalue weighted by Crippen LogP contribution is 2.41. The van der Waals surface area contributed by atoms with Gasteiger partial charge in [0.25, 0.3) is 8.32 Å². The van der Waals surface area contributed by atoms with E-state index >= 15 is 0 Å². The van der Waals surface area contributed by atoms with Gasteiger partial charge in [-0.15, -0.1) is 11.8 Å². The maximum atomic E-state index is 13.4. The SMILES string of the molecule is CCCCCCC(CSCCCCCCCCCCC(NC1CC(O[Si](c2ccccc2)(c2ccccc2)C(C)(C)C)C1)SCC(CCCCCC)OC(=O)CCC1CCCCC1)OC(=O)CCC1CCCCC1. The summed E-state index contributed by atoms with van der Waals surface area (Å²) in [6, 6.07) is 22.6. The molecule has 2 aromatic carbocycles. The normalized spacial score (nSPS) is 19.1. The number of nitrogens with one attached hydrogen (secondary N) is 1. The Hall–Kier alpha value is -1.78. The van der Waals surface area contributed by atoms with Gasteiger partial charge in [0.2, 0.25) is 0 Å². The minimum atomic E-state index is -2.60.